The zero-order valence-electron chi connectivity index (χ0n) is 6.44. The summed E-state index contributed by atoms with van der Waals surface area (Å²) in [5.41, 5.74) is 12.2. The number of nitrogens with zero attached hydrogens (tertiary/aromatic N) is 1. The van der Waals surface area contributed by atoms with Crippen LogP contribution in [0.3, 0.4) is 0 Å². The van der Waals surface area contributed by atoms with Crippen LogP contribution in [-0.2, 0) is 22.4 Å². The molecule has 0 heterocycles. The van der Waals surface area contributed by atoms with Crippen molar-refractivity contribution in [2.45, 2.75) is 0 Å². The molecule has 0 radical (unpaired) electrons. The molecule has 0 amide bonds. The summed E-state index contributed by atoms with van der Waals surface area (Å²) in [5, 5.41) is 14.8. The standard InChI is InChI=1S/C6H8N2.Ag.NO3/c7-5-1-2-6(8)4-3-5;;2-1(3)4/h1-4H,7-8H2;;/q;+1;-1. The summed E-state index contributed by atoms with van der Waals surface area (Å²) < 4.78 is 0. The van der Waals surface area contributed by atoms with Crippen LogP contribution in [0.1, 0.15) is 0 Å². The van der Waals surface area contributed by atoms with Crippen molar-refractivity contribution in [3.8, 4) is 0 Å². The molecule has 0 aliphatic heterocycles. The molecule has 0 bridgehead atoms. The normalized spacial score (nSPS) is 7.38. The van der Waals surface area contributed by atoms with Gasteiger partial charge in [0.25, 0.3) is 0 Å². The van der Waals surface area contributed by atoms with Crippen LogP contribution in [0.25, 0.3) is 0 Å². The summed E-state index contributed by atoms with van der Waals surface area (Å²) >= 11 is 0. The third-order valence-electron chi connectivity index (χ3n) is 0.936. The van der Waals surface area contributed by atoms with Crippen molar-refractivity contribution in [3.05, 3.63) is 39.6 Å². The summed E-state index contributed by atoms with van der Waals surface area (Å²) in [5.74, 6) is 0. The van der Waals surface area contributed by atoms with E-state index in [2.05, 4.69) is 0 Å². The maximum atomic E-state index is 8.25. The fourth-order valence-corrected chi connectivity index (χ4v) is 0.496. The minimum absolute atomic E-state index is 0. The number of nitrogen functional groups attached to an aromatic ring is 2. The number of hydrogen-bond acceptors (Lipinski definition) is 5. The molecule has 4 N–H and O–H groups in total. The SMILES string of the molecule is Nc1ccc(N)cc1.O=[N+]([O-])[O-].[Ag+]. The van der Waals surface area contributed by atoms with E-state index in [0.717, 1.165) is 11.4 Å². The molecule has 0 aliphatic rings. The summed E-state index contributed by atoms with van der Waals surface area (Å²) in [4.78, 5) is 8.25. The van der Waals surface area contributed by atoms with Crippen LogP contribution in [0.15, 0.2) is 24.3 Å². The molecule has 1 aromatic rings. The van der Waals surface area contributed by atoms with E-state index in [1.54, 1.807) is 24.3 Å². The molecule has 7 heteroatoms. The van der Waals surface area contributed by atoms with Crippen molar-refractivity contribution < 1.29 is 27.5 Å². The van der Waals surface area contributed by atoms with Gasteiger partial charge in [0.2, 0.25) is 0 Å². The van der Waals surface area contributed by atoms with Crippen LogP contribution < -0.4 is 11.5 Å². The van der Waals surface area contributed by atoms with Gasteiger partial charge in [0.1, 0.15) is 0 Å². The first-order valence-corrected chi connectivity index (χ1v) is 2.95. The molecule has 0 saturated carbocycles. The van der Waals surface area contributed by atoms with Crippen molar-refractivity contribution in [2.75, 3.05) is 11.5 Å². The molecular formula is C6H8AgN3O3. The topological polar surface area (TPSA) is 118 Å². The quantitative estimate of drug-likeness (QED) is 0.312. The molecule has 0 aliphatic carbocycles. The monoisotopic (exact) mass is 277 g/mol. The van der Waals surface area contributed by atoms with Crippen LogP contribution in [0.2, 0.25) is 0 Å². The van der Waals surface area contributed by atoms with Crippen molar-refractivity contribution in [2.24, 2.45) is 0 Å². The summed E-state index contributed by atoms with van der Waals surface area (Å²) in [7, 11) is 0. The molecule has 13 heavy (non-hydrogen) atoms. The zero-order valence-corrected chi connectivity index (χ0v) is 7.92. The van der Waals surface area contributed by atoms with E-state index < -0.39 is 5.09 Å². The molecule has 0 aromatic heterocycles. The van der Waals surface area contributed by atoms with Crippen molar-refractivity contribution in [1.82, 2.24) is 0 Å². The van der Waals surface area contributed by atoms with Gasteiger partial charge >= 0.3 is 22.4 Å². The number of anilines is 2. The predicted octanol–water partition coefficient (Wildman–Crippen LogP) is 0.609. The van der Waals surface area contributed by atoms with E-state index in [1.807, 2.05) is 0 Å². The van der Waals surface area contributed by atoms with E-state index in [4.69, 9.17) is 26.8 Å². The van der Waals surface area contributed by atoms with E-state index in [1.165, 1.54) is 0 Å². The Kier molecular flexibility index (Phi) is 8.15. The number of rotatable bonds is 0. The van der Waals surface area contributed by atoms with Crippen molar-refractivity contribution in [1.29, 1.82) is 0 Å². The average molecular weight is 278 g/mol. The fourth-order valence-electron chi connectivity index (χ4n) is 0.496. The van der Waals surface area contributed by atoms with Gasteiger partial charge in [0.15, 0.2) is 0 Å². The van der Waals surface area contributed by atoms with Crippen LogP contribution in [0, 0.1) is 15.3 Å². The first-order valence-electron chi connectivity index (χ1n) is 2.95. The Balaban J connectivity index is 0. The Labute approximate surface area is 90.2 Å². The maximum absolute atomic E-state index is 8.25. The molecule has 0 saturated heterocycles. The van der Waals surface area contributed by atoms with Gasteiger partial charge in [-0.05, 0) is 24.3 Å². The minimum atomic E-state index is -1.75. The fraction of sp³-hybridized carbons (Fsp3) is 0. The number of benzene rings is 1. The van der Waals surface area contributed by atoms with Gasteiger partial charge in [-0.3, -0.25) is 0 Å². The Morgan fingerprint density at radius 3 is 1.31 bits per heavy atom. The van der Waals surface area contributed by atoms with Gasteiger partial charge in [0, 0.05) is 11.4 Å². The Morgan fingerprint density at radius 1 is 1.00 bits per heavy atom. The van der Waals surface area contributed by atoms with E-state index in [9.17, 15) is 0 Å². The van der Waals surface area contributed by atoms with Crippen molar-refractivity contribution >= 4 is 11.4 Å². The van der Waals surface area contributed by atoms with Crippen molar-refractivity contribution in [3.63, 3.8) is 0 Å². The number of hydrogen-bond donors (Lipinski definition) is 2. The molecule has 0 unspecified atom stereocenters. The first-order chi connectivity index (χ1) is 5.52. The van der Waals surface area contributed by atoms with Crippen LogP contribution in [-0.4, -0.2) is 5.09 Å². The minimum Gasteiger partial charge on any atom is -0.399 e. The van der Waals surface area contributed by atoms with Gasteiger partial charge in [-0.25, -0.2) is 0 Å². The second-order valence-corrected chi connectivity index (χ2v) is 1.89. The predicted molar refractivity (Wildman–Crippen MR) is 45.6 cm³/mol. The van der Waals surface area contributed by atoms with Gasteiger partial charge in [0.05, 0.1) is 5.09 Å². The molecule has 6 nitrogen and oxygen atoms in total. The average Bonchev–Trinajstić information content (AvgIpc) is 1.94. The van der Waals surface area contributed by atoms with Crippen LogP contribution in [0.4, 0.5) is 11.4 Å². The third kappa shape index (κ3) is 10.8. The summed E-state index contributed by atoms with van der Waals surface area (Å²) in [6.45, 7) is 0. The molecule has 0 spiro atoms. The van der Waals surface area contributed by atoms with E-state index >= 15 is 0 Å². The molecule has 0 fully saturated rings. The van der Waals surface area contributed by atoms with Gasteiger partial charge in [-0.2, -0.15) is 0 Å². The van der Waals surface area contributed by atoms with Gasteiger partial charge in [-0.1, -0.05) is 0 Å². The van der Waals surface area contributed by atoms with E-state index in [-0.39, 0.29) is 22.4 Å². The third-order valence-corrected chi connectivity index (χ3v) is 0.936. The van der Waals surface area contributed by atoms with Gasteiger partial charge in [-0.15, -0.1) is 0 Å². The summed E-state index contributed by atoms with van der Waals surface area (Å²) in [6.07, 6.45) is 0. The Hall–Kier alpha value is -1.24. The Bertz CT molecular complexity index is 227. The first kappa shape index (κ1) is 14.3. The Morgan fingerprint density at radius 2 is 1.15 bits per heavy atom. The number of nitrogens with two attached hydrogens (primary N) is 2. The zero-order chi connectivity index (χ0) is 9.56. The second kappa shape index (κ2) is 7.41. The van der Waals surface area contributed by atoms with Crippen LogP contribution in [0.5, 0.6) is 0 Å². The largest absolute Gasteiger partial charge is 1.00 e. The van der Waals surface area contributed by atoms with E-state index in [0.29, 0.717) is 0 Å². The summed E-state index contributed by atoms with van der Waals surface area (Å²) in [6, 6.07) is 7.09. The van der Waals surface area contributed by atoms with Gasteiger partial charge < -0.3 is 26.8 Å². The molecule has 1 rings (SSSR count). The maximum Gasteiger partial charge on any atom is 1.00 e. The smallest absolute Gasteiger partial charge is 0.399 e. The molecular weight excluding hydrogens is 270 g/mol. The molecule has 76 valence electrons. The van der Waals surface area contributed by atoms with Crippen LogP contribution >= 0.6 is 0 Å². The molecule has 1 aromatic carbocycles. The molecule has 0 atom stereocenters. The second-order valence-electron chi connectivity index (χ2n) is 1.89.